The molecule has 5 rings (SSSR count). The second-order valence-corrected chi connectivity index (χ2v) is 16.8. The summed E-state index contributed by atoms with van der Waals surface area (Å²) in [6.45, 7) is 8.54. The molecule has 2 aliphatic rings. The molecule has 68 heavy (non-hydrogen) atoms. The fourth-order valence-electron chi connectivity index (χ4n) is 7.86. The molecule has 0 radical (unpaired) electrons. The first-order valence-corrected chi connectivity index (χ1v) is 23.5. The molecule has 0 aromatic heterocycles. The Morgan fingerprint density at radius 3 is 1.12 bits per heavy atom. The summed E-state index contributed by atoms with van der Waals surface area (Å²) >= 11 is 0. The van der Waals surface area contributed by atoms with E-state index in [4.69, 9.17) is 37.9 Å². The van der Waals surface area contributed by atoms with Crippen LogP contribution in [0.15, 0.2) is 92.0 Å². The fraction of sp³-hybridized carbons (Fsp3) is 0.453. The molecule has 3 aromatic carbocycles. The lowest BCUT2D eigenvalue weighted by Crippen LogP contribution is -2.30. The predicted octanol–water partition coefficient (Wildman–Crippen LogP) is 9.47. The molecule has 0 aliphatic heterocycles. The van der Waals surface area contributed by atoms with Crippen molar-refractivity contribution in [2.75, 3.05) is 26.4 Å². The second kappa shape index (κ2) is 28.4. The number of rotatable bonds is 27. The van der Waals surface area contributed by atoms with Crippen LogP contribution in [-0.2, 0) is 38.2 Å². The van der Waals surface area contributed by atoms with Gasteiger partial charge in [0.1, 0.15) is 34.5 Å². The Bertz CT molecular complexity index is 2150. The summed E-state index contributed by atoms with van der Waals surface area (Å²) < 4.78 is 44.0. The summed E-state index contributed by atoms with van der Waals surface area (Å²) in [6, 6.07) is 17.9. The summed E-state index contributed by atoms with van der Waals surface area (Å²) in [5, 5.41) is 0. The lowest BCUT2D eigenvalue weighted by molar-refractivity contribution is -0.145. The van der Waals surface area contributed by atoms with Gasteiger partial charge in [0.05, 0.1) is 55.7 Å². The minimum absolute atomic E-state index is 0.0395. The van der Waals surface area contributed by atoms with E-state index in [1.165, 1.54) is 18.2 Å². The summed E-state index contributed by atoms with van der Waals surface area (Å²) in [5.74, 6) is -1.97. The number of carbonyl (C=O) groups excluding carboxylic acids is 7. The molecule has 15 nitrogen and oxygen atoms in total. The summed E-state index contributed by atoms with van der Waals surface area (Å²) in [5.41, 5.74) is 0.0431. The number of carbonyl (C=O) groups is 7. The molecule has 15 heteroatoms. The van der Waals surface area contributed by atoms with E-state index >= 15 is 0 Å². The maximum absolute atomic E-state index is 13.2. The van der Waals surface area contributed by atoms with Gasteiger partial charge in [-0.1, -0.05) is 13.2 Å². The Hall–Kier alpha value is -6.77. The van der Waals surface area contributed by atoms with E-state index in [2.05, 4.69) is 13.2 Å². The Morgan fingerprint density at radius 1 is 0.426 bits per heavy atom. The molecule has 0 bridgehead atoms. The highest BCUT2D eigenvalue weighted by molar-refractivity contribution is 5.85. The van der Waals surface area contributed by atoms with Crippen LogP contribution in [0.25, 0.3) is 0 Å². The molecular formula is C53H62O15. The van der Waals surface area contributed by atoms with E-state index in [9.17, 15) is 33.6 Å². The molecule has 2 fully saturated rings. The molecule has 0 unspecified atom stereocenters. The SMILES string of the molecule is C=CC(=O)OCCCCCCOc1ccc(OC(=O)[C@H]2CC[C@@H](C(=O)Oc3ccc(OC(=O)[C@H]4CC[C@@H](C(=O)Oc5ccc(OCCCCCCOC(=O)C=C)cc5)CC4)c(C=O)c3)CC2)cc1. The van der Waals surface area contributed by atoms with Gasteiger partial charge in [-0.25, -0.2) is 9.59 Å². The normalized spacial score (nSPS) is 17.6. The number of hydrogen-bond acceptors (Lipinski definition) is 15. The Kier molecular flexibility index (Phi) is 21.8. The summed E-state index contributed by atoms with van der Waals surface area (Å²) in [6.07, 6.45) is 13.2. The molecule has 3 aromatic rings. The number of ether oxygens (including phenoxy) is 8. The van der Waals surface area contributed by atoms with Crippen LogP contribution in [0, 0.1) is 23.7 Å². The lowest BCUT2D eigenvalue weighted by Gasteiger charge is -2.26. The van der Waals surface area contributed by atoms with Gasteiger partial charge >= 0.3 is 35.8 Å². The van der Waals surface area contributed by atoms with Crippen molar-refractivity contribution in [3.63, 3.8) is 0 Å². The predicted molar refractivity (Wildman–Crippen MR) is 248 cm³/mol. The third kappa shape index (κ3) is 17.8. The molecule has 0 N–H and O–H groups in total. The standard InChI is InChI=1S/C53H62O15/c1-3-48(55)63-33-11-7-5-9-31-61-42-21-25-44(26-22-42)65-50(57)37-13-15-39(16-14-37)52(59)67-46-29-30-47(41(35-46)36-54)68-53(60)40-19-17-38(18-20-40)51(58)66-45-27-23-43(24-28-45)62-32-10-6-8-12-34-64-49(56)4-2/h3-4,21-30,35-40H,1-2,5-20,31-34H2/t37-,38-,39+,40+. The average molecular weight is 939 g/mol. The summed E-state index contributed by atoms with van der Waals surface area (Å²) in [4.78, 5) is 86.3. The third-order valence-electron chi connectivity index (χ3n) is 11.8. The number of hydrogen-bond donors (Lipinski definition) is 0. The fourth-order valence-corrected chi connectivity index (χ4v) is 7.86. The quantitative estimate of drug-likeness (QED) is 0.0230. The number of esters is 6. The molecule has 0 spiro atoms. The minimum Gasteiger partial charge on any atom is -0.494 e. The second-order valence-electron chi connectivity index (χ2n) is 16.8. The van der Waals surface area contributed by atoms with E-state index in [0.717, 1.165) is 63.5 Å². The molecule has 364 valence electrons. The average Bonchev–Trinajstić information content (AvgIpc) is 3.36. The van der Waals surface area contributed by atoms with Gasteiger partial charge in [0.15, 0.2) is 6.29 Å². The van der Waals surface area contributed by atoms with Crippen LogP contribution in [0.5, 0.6) is 34.5 Å². The molecule has 0 amide bonds. The highest BCUT2D eigenvalue weighted by Gasteiger charge is 2.34. The monoisotopic (exact) mass is 938 g/mol. The van der Waals surface area contributed by atoms with Crippen molar-refractivity contribution in [2.24, 2.45) is 23.7 Å². The molecule has 2 saturated carbocycles. The third-order valence-corrected chi connectivity index (χ3v) is 11.8. The van der Waals surface area contributed by atoms with Gasteiger partial charge in [0, 0.05) is 12.2 Å². The van der Waals surface area contributed by atoms with Crippen molar-refractivity contribution in [3.05, 3.63) is 97.6 Å². The minimum atomic E-state index is -0.517. The van der Waals surface area contributed by atoms with Crippen molar-refractivity contribution < 1.29 is 71.5 Å². The van der Waals surface area contributed by atoms with Gasteiger partial charge in [-0.15, -0.1) is 0 Å². The molecule has 0 saturated heterocycles. The molecule has 0 atom stereocenters. The zero-order chi connectivity index (χ0) is 48.5. The zero-order valence-corrected chi connectivity index (χ0v) is 38.6. The van der Waals surface area contributed by atoms with E-state index in [1.54, 1.807) is 48.5 Å². The van der Waals surface area contributed by atoms with Crippen molar-refractivity contribution in [1.82, 2.24) is 0 Å². The van der Waals surface area contributed by atoms with E-state index < -0.39 is 35.7 Å². The first-order chi connectivity index (χ1) is 33.0. The lowest BCUT2D eigenvalue weighted by atomic mass is 9.82. The van der Waals surface area contributed by atoms with Gasteiger partial charge in [-0.05, 0) is 169 Å². The Balaban J connectivity index is 0.949. The van der Waals surface area contributed by atoms with Gasteiger partial charge < -0.3 is 37.9 Å². The van der Waals surface area contributed by atoms with E-state index in [-0.39, 0.29) is 40.8 Å². The molecule has 2 aliphatic carbocycles. The first kappa shape index (κ1) is 52.2. The Labute approximate surface area is 397 Å². The Morgan fingerprint density at radius 2 is 0.750 bits per heavy atom. The van der Waals surface area contributed by atoms with Crippen molar-refractivity contribution >= 4 is 42.1 Å². The van der Waals surface area contributed by atoms with Crippen LogP contribution >= 0.6 is 0 Å². The maximum atomic E-state index is 13.2. The first-order valence-electron chi connectivity index (χ1n) is 23.5. The highest BCUT2D eigenvalue weighted by atomic mass is 16.6. The van der Waals surface area contributed by atoms with Crippen LogP contribution in [0.4, 0.5) is 0 Å². The topological polar surface area (TPSA) is 193 Å². The zero-order valence-electron chi connectivity index (χ0n) is 38.6. The highest BCUT2D eigenvalue weighted by Crippen LogP contribution is 2.35. The number of unbranched alkanes of at least 4 members (excludes halogenated alkanes) is 6. The number of aldehydes is 1. The van der Waals surface area contributed by atoms with E-state index in [1.807, 2.05) is 0 Å². The van der Waals surface area contributed by atoms with Crippen molar-refractivity contribution in [2.45, 2.75) is 103 Å². The molecule has 0 heterocycles. The van der Waals surface area contributed by atoms with Crippen LogP contribution in [0.1, 0.15) is 113 Å². The smallest absolute Gasteiger partial charge is 0.330 e. The largest absolute Gasteiger partial charge is 0.494 e. The van der Waals surface area contributed by atoms with Crippen LogP contribution < -0.4 is 28.4 Å². The van der Waals surface area contributed by atoms with Crippen LogP contribution in [-0.4, -0.2) is 68.5 Å². The maximum Gasteiger partial charge on any atom is 0.330 e. The summed E-state index contributed by atoms with van der Waals surface area (Å²) in [7, 11) is 0. The molecular weight excluding hydrogens is 877 g/mol. The van der Waals surface area contributed by atoms with E-state index in [0.29, 0.717) is 107 Å². The van der Waals surface area contributed by atoms with Gasteiger partial charge in [0.25, 0.3) is 0 Å². The van der Waals surface area contributed by atoms with Gasteiger partial charge in [-0.3, -0.25) is 24.0 Å². The van der Waals surface area contributed by atoms with Crippen molar-refractivity contribution in [1.29, 1.82) is 0 Å². The van der Waals surface area contributed by atoms with Crippen LogP contribution in [0.3, 0.4) is 0 Å². The number of benzene rings is 3. The van der Waals surface area contributed by atoms with Gasteiger partial charge in [0.2, 0.25) is 0 Å². The van der Waals surface area contributed by atoms with Gasteiger partial charge in [-0.2, -0.15) is 0 Å². The van der Waals surface area contributed by atoms with Crippen molar-refractivity contribution in [3.8, 4) is 34.5 Å². The van der Waals surface area contributed by atoms with Crippen LogP contribution in [0.2, 0.25) is 0 Å².